The van der Waals surface area contributed by atoms with Crippen molar-refractivity contribution in [2.24, 2.45) is 0 Å². The van der Waals surface area contributed by atoms with Crippen LogP contribution in [0.3, 0.4) is 0 Å². The van der Waals surface area contributed by atoms with Crippen molar-refractivity contribution < 1.29 is 33.4 Å². The molecule has 0 saturated carbocycles. The highest BCUT2D eigenvalue weighted by Gasteiger charge is 2.27. The van der Waals surface area contributed by atoms with E-state index in [1.54, 1.807) is 27.4 Å². The van der Waals surface area contributed by atoms with Gasteiger partial charge in [-0.3, -0.25) is 4.79 Å². The Morgan fingerprint density at radius 3 is 2.56 bits per heavy atom. The van der Waals surface area contributed by atoms with Gasteiger partial charge in [0.25, 0.3) is 5.91 Å². The van der Waals surface area contributed by atoms with Crippen LogP contribution in [0.25, 0.3) is 22.0 Å². The summed E-state index contributed by atoms with van der Waals surface area (Å²) in [6.07, 6.45) is 2.92. The Hall–Kier alpha value is -3.52. The van der Waals surface area contributed by atoms with Crippen molar-refractivity contribution in [1.29, 1.82) is 0 Å². The highest BCUT2D eigenvalue weighted by atomic mass is 16.5. The maximum atomic E-state index is 11.8. The summed E-state index contributed by atoms with van der Waals surface area (Å²) >= 11 is 0. The number of carbonyl (C=O) groups excluding carboxylic acids is 1. The van der Waals surface area contributed by atoms with E-state index in [1.807, 2.05) is 18.2 Å². The van der Waals surface area contributed by atoms with Crippen molar-refractivity contribution in [3.8, 4) is 34.3 Å². The summed E-state index contributed by atoms with van der Waals surface area (Å²) < 4.78 is 24.5. The molecule has 0 bridgehead atoms. The number of aromatic nitrogens is 1. The number of benzene rings is 2. The number of amides is 1. The van der Waals surface area contributed by atoms with Gasteiger partial charge in [0.15, 0.2) is 42.3 Å². The van der Waals surface area contributed by atoms with Crippen LogP contribution in [0.1, 0.15) is 5.56 Å². The van der Waals surface area contributed by atoms with E-state index in [9.17, 15) is 4.79 Å². The molecule has 0 aliphatic carbocycles. The molecule has 8 nitrogen and oxygen atoms in total. The molecule has 0 unspecified atom stereocenters. The van der Waals surface area contributed by atoms with E-state index >= 15 is 0 Å². The molecule has 3 aromatic rings. The molecule has 0 fully saturated rings. The molecule has 0 atom stereocenters. The number of aryl methyl sites for hydroxylation is 2. The zero-order valence-corrected chi connectivity index (χ0v) is 18.4. The topological polar surface area (TPSA) is 90.1 Å². The van der Waals surface area contributed by atoms with Gasteiger partial charge in [-0.05, 0) is 35.2 Å². The number of nitrogens with one attached hydrogen (secondary N) is 1. The average Bonchev–Trinajstić information content (AvgIpc) is 2.83. The predicted octanol–water partition coefficient (Wildman–Crippen LogP) is 1.86. The van der Waals surface area contributed by atoms with E-state index in [1.165, 1.54) is 5.56 Å². The van der Waals surface area contributed by atoms with Gasteiger partial charge in [0.05, 0.1) is 38.9 Å². The number of aliphatic hydroxyl groups is 1. The lowest BCUT2D eigenvalue weighted by Gasteiger charge is -2.19. The first-order chi connectivity index (χ1) is 15.6. The molecule has 2 aromatic carbocycles. The number of aliphatic hydroxyl groups excluding tert-OH is 1. The highest BCUT2D eigenvalue weighted by molar-refractivity contribution is 5.92. The van der Waals surface area contributed by atoms with E-state index in [-0.39, 0.29) is 25.7 Å². The van der Waals surface area contributed by atoms with Crippen molar-refractivity contribution in [1.82, 2.24) is 5.32 Å². The monoisotopic (exact) mass is 439 g/mol. The molecule has 1 amide bonds. The van der Waals surface area contributed by atoms with Gasteiger partial charge in [-0.15, -0.1) is 0 Å². The molecular weight excluding hydrogens is 412 g/mol. The number of carbonyl (C=O) groups is 1. The predicted molar refractivity (Wildman–Crippen MR) is 119 cm³/mol. The van der Waals surface area contributed by atoms with Gasteiger partial charge in [-0.1, -0.05) is 0 Å². The van der Waals surface area contributed by atoms with E-state index in [4.69, 9.17) is 24.1 Å². The minimum atomic E-state index is -0.304. The Bertz CT molecular complexity index is 1160. The van der Waals surface area contributed by atoms with E-state index in [0.717, 1.165) is 40.7 Å². The number of hydrogen-bond donors (Lipinski definition) is 2. The van der Waals surface area contributed by atoms with Crippen molar-refractivity contribution in [3.05, 3.63) is 42.1 Å². The molecule has 168 valence electrons. The number of ether oxygens (including phenoxy) is 4. The van der Waals surface area contributed by atoms with Crippen LogP contribution in [0.5, 0.6) is 23.0 Å². The number of rotatable bonds is 8. The summed E-state index contributed by atoms with van der Waals surface area (Å²) in [5, 5.41) is 13.3. The van der Waals surface area contributed by atoms with Gasteiger partial charge in [0.1, 0.15) is 0 Å². The van der Waals surface area contributed by atoms with Crippen LogP contribution >= 0.6 is 0 Å². The lowest BCUT2D eigenvalue weighted by molar-refractivity contribution is -0.686. The van der Waals surface area contributed by atoms with Gasteiger partial charge in [0, 0.05) is 19.0 Å². The smallest absolute Gasteiger partial charge is 0.258 e. The van der Waals surface area contributed by atoms with Crippen LogP contribution in [0.15, 0.2) is 36.5 Å². The summed E-state index contributed by atoms with van der Waals surface area (Å²) in [5.41, 5.74) is 3.40. The quantitative estimate of drug-likeness (QED) is 0.521. The average molecular weight is 439 g/mol. The Balaban J connectivity index is 1.72. The molecule has 8 heteroatoms. The summed E-state index contributed by atoms with van der Waals surface area (Å²) in [7, 11) is 4.87. The summed E-state index contributed by atoms with van der Waals surface area (Å²) in [6, 6.07) is 9.94. The molecule has 1 aliphatic rings. The van der Waals surface area contributed by atoms with Gasteiger partial charge in [-0.2, -0.15) is 4.57 Å². The van der Waals surface area contributed by atoms with Crippen LogP contribution < -0.4 is 28.8 Å². The van der Waals surface area contributed by atoms with E-state index in [2.05, 4.69) is 22.1 Å². The molecule has 0 saturated heterocycles. The normalized spacial score (nSPS) is 12.0. The van der Waals surface area contributed by atoms with Gasteiger partial charge >= 0.3 is 0 Å². The maximum Gasteiger partial charge on any atom is 0.258 e. The lowest BCUT2D eigenvalue weighted by atomic mass is 9.95. The first-order valence-corrected chi connectivity index (χ1v) is 10.4. The molecule has 1 aromatic heterocycles. The van der Waals surface area contributed by atoms with Crippen molar-refractivity contribution in [2.45, 2.75) is 13.0 Å². The zero-order valence-electron chi connectivity index (χ0n) is 18.4. The molecule has 0 radical (unpaired) electrons. The fourth-order valence-electron chi connectivity index (χ4n) is 4.05. The highest BCUT2D eigenvalue weighted by Crippen LogP contribution is 2.40. The minimum Gasteiger partial charge on any atom is -0.493 e. The fourth-order valence-corrected chi connectivity index (χ4v) is 4.05. The third-order valence-corrected chi connectivity index (χ3v) is 5.58. The van der Waals surface area contributed by atoms with Gasteiger partial charge in [0.2, 0.25) is 5.69 Å². The van der Waals surface area contributed by atoms with Gasteiger partial charge < -0.3 is 29.4 Å². The van der Waals surface area contributed by atoms with Crippen LogP contribution in [0.2, 0.25) is 0 Å². The molecule has 32 heavy (non-hydrogen) atoms. The largest absolute Gasteiger partial charge is 0.493 e. The number of hydrogen-bond acceptors (Lipinski definition) is 6. The Labute approximate surface area is 186 Å². The third-order valence-electron chi connectivity index (χ3n) is 5.58. The lowest BCUT2D eigenvalue weighted by Crippen LogP contribution is -2.40. The summed E-state index contributed by atoms with van der Waals surface area (Å²) in [6.45, 7) is 0.730. The third kappa shape index (κ3) is 4.01. The number of pyridine rings is 1. The molecule has 2 N–H and O–H groups in total. The number of nitrogens with zero attached hydrogens (tertiary/aromatic N) is 1. The number of fused-ring (bicyclic) bond motifs is 4. The second-order valence-electron chi connectivity index (χ2n) is 7.43. The molecule has 0 spiro atoms. The summed E-state index contributed by atoms with van der Waals surface area (Å²) in [4.78, 5) is 11.8. The van der Waals surface area contributed by atoms with Crippen LogP contribution in [-0.4, -0.2) is 52.1 Å². The second-order valence-corrected chi connectivity index (χ2v) is 7.43. The number of methoxy groups -OCH3 is 3. The second kappa shape index (κ2) is 9.32. The van der Waals surface area contributed by atoms with Gasteiger partial charge in [-0.25, -0.2) is 0 Å². The van der Waals surface area contributed by atoms with E-state index in [0.29, 0.717) is 17.2 Å². The van der Waals surface area contributed by atoms with Crippen molar-refractivity contribution in [3.63, 3.8) is 0 Å². The Morgan fingerprint density at radius 2 is 1.84 bits per heavy atom. The first-order valence-electron chi connectivity index (χ1n) is 10.4. The minimum absolute atomic E-state index is 0.116. The van der Waals surface area contributed by atoms with Crippen LogP contribution in [-0.2, 0) is 17.8 Å². The fraction of sp³-hybridized carbons (Fsp3) is 0.333. The first kappa shape index (κ1) is 21.7. The van der Waals surface area contributed by atoms with Crippen LogP contribution in [0, 0.1) is 0 Å². The van der Waals surface area contributed by atoms with E-state index < -0.39 is 0 Å². The SMILES string of the molecule is COc1cc2c(cc1OC)-c1cc3ccc(OCC(=O)NCCO)c(OC)c3c[n+]1CC2. The molecule has 2 heterocycles. The Kier molecular flexibility index (Phi) is 6.32. The zero-order chi connectivity index (χ0) is 22.7. The molecular formula is C24H27N2O6+. The molecule has 4 rings (SSSR count). The standard InChI is InChI=1S/C24H26N2O6/c1-29-21-11-16-6-8-26-13-18-15(10-19(26)17(16)12-22(21)30-2)4-5-20(24(18)31-3)32-14-23(28)25-7-9-27/h4-5,10-13,27H,6-9,14H2,1-3H3/p+1. The summed E-state index contributed by atoms with van der Waals surface area (Å²) in [5.74, 6) is 2.18. The Morgan fingerprint density at radius 1 is 1.06 bits per heavy atom. The maximum absolute atomic E-state index is 11.8. The van der Waals surface area contributed by atoms with Crippen LogP contribution in [0.4, 0.5) is 0 Å². The molecule has 1 aliphatic heterocycles. The van der Waals surface area contributed by atoms with Crippen molar-refractivity contribution >= 4 is 16.7 Å². The van der Waals surface area contributed by atoms with Crippen molar-refractivity contribution in [2.75, 3.05) is 41.1 Å².